The molecule has 26 heavy (non-hydrogen) atoms. The molecule has 0 bridgehead atoms. The van der Waals surface area contributed by atoms with Crippen LogP contribution in [-0.4, -0.2) is 37.9 Å². The second-order valence-corrected chi connectivity index (χ2v) is 7.03. The number of fused-ring (bicyclic) bond motifs is 1. The van der Waals surface area contributed by atoms with Crippen molar-refractivity contribution in [2.45, 2.75) is 24.5 Å². The van der Waals surface area contributed by atoms with E-state index in [-0.39, 0.29) is 23.5 Å². The molecule has 0 saturated heterocycles. The van der Waals surface area contributed by atoms with E-state index in [2.05, 4.69) is 21.6 Å². The van der Waals surface area contributed by atoms with E-state index in [1.54, 1.807) is 12.1 Å². The number of amides is 1. The van der Waals surface area contributed by atoms with E-state index in [1.807, 2.05) is 30.0 Å². The molecule has 0 fully saturated rings. The number of thioether (sulfide) groups is 1. The summed E-state index contributed by atoms with van der Waals surface area (Å²) in [5.41, 5.74) is 2.67. The lowest BCUT2D eigenvalue weighted by Crippen LogP contribution is -2.37. The van der Waals surface area contributed by atoms with E-state index >= 15 is 0 Å². The molecular formula is C18H16FN5OS. The van der Waals surface area contributed by atoms with Crippen LogP contribution in [0.15, 0.2) is 53.7 Å². The van der Waals surface area contributed by atoms with Crippen LogP contribution >= 0.6 is 11.8 Å². The number of halogens is 1. The van der Waals surface area contributed by atoms with E-state index in [4.69, 9.17) is 0 Å². The quantitative estimate of drug-likeness (QED) is 0.662. The summed E-state index contributed by atoms with van der Waals surface area (Å²) < 4.78 is 14.9. The Kier molecular flexibility index (Phi) is 4.42. The molecule has 1 amide bonds. The first kappa shape index (κ1) is 16.7. The third-order valence-electron chi connectivity index (χ3n) is 4.29. The summed E-state index contributed by atoms with van der Waals surface area (Å²) in [4.78, 5) is 14.6. The molecule has 0 saturated carbocycles. The molecule has 1 unspecified atom stereocenters. The molecule has 3 aromatic rings. The van der Waals surface area contributed by atoms with Gasteiger partial charge in [0.25, 0.3) is 0 Å². The molecule has 0 aliphatic carbocycles. The lowest BCUT2D eigenvalue weighted by molar-refractivity contribution is -0.116. The minimum atomic E-state index is -0.368. The summed E-state index contributed by atoms with van der Waals surface area (Å²) in [5, 5.41) is 12.0. The van der Waals surface area contributed by atoms with Crippen LogP contribution in [0, 0.1) is 5.82 Å². The molecule has 0 spiro atoms. The first-order valence-corrected chi connectivity index (χ1v) is 9.19. The third kappa shape index (κ3) is 3.08. The van der Waals surface area contributed by atoms with E-state index in [0.29, 0.717) is 10.8 Å². The first-order valence-electron chi connectivity index (χ1n) is 8.20. The molecule has 0 radical (unpaired) electrons. The number of benzene rings is 2. The van der Waals surface area contributed by atoms with Gasteiger partial charge in [0.15, 0.2) is 0 Å². The number of para-hydroxylation sites is 1. The third-order valence-corrected chi connectivity index (χ3v) is 5.20. The number of anilines is 1. The normalized spacial score (nSPS) is 15.9. The van der Waals surface area contributed by atoms with Crippen molar-refractivity contribution in [3.8, 4) is 5.69 Å². The lowest BCUT2D eigenvalue weighted by Gasteiger charge is -2.22. The van der Waals surface area contributed by atoms with Crippen molar-refractivity contribution in [2.24, 2.45) is 0 Å². The Bertz CT molecular complexity index is 960. The Morgan fingerprint density at radius 3 is 2.96 bits per heavy atom. The fourth-order valence-corrected chi connectivity index (χ4v) is 3.93. The van der Waals surface area contributed by atoms with Crippen molar-refractivity contribution in [1.82, 2.24) is 20.2 Å². The zero-order chi connectivity index (χ0) is 18.1. The first-order chi connectivity index (χ1) is 12.6. The Hall–Kier alpha value is -2.74. The number of hydrogen-bond acceptors (Lipinski definition) is 5. The average molecular weight is 369 g/mol. The summed E-state index contributed by atoms with van der Waals surface area (Å²) in [6.07, 6.45) is 0.855. The summed E-state index contributed by atoms with van der Waals surface area (Å²) in [6, 6.07) is 14.1. The number of aromatic nitrogens is 4. The zero-order valence-electron chi connectivity index (χ0n) is 14.0. The molecule has 1 aliphatic rings. The summed E-state index contributed by atoms with van der Waals surface area (Å²) in [6.45, 7) is 2.04. The van der Waals surface area contributed by atoms with Gasteiger partial charge in [-0.1, -0.05) is 36.0 Å². The van der Waals surface area contributed by atoms with Gasteiger partial charge < -0.3 is 4.90 Å². The van der Waals surface area contributed by atoms with Gasteiger partial charge in [0.1, 0.15) is 5.82 Å². The highest BCUT2D eigenvalue weighted by Crippen LogP contribution is 2.32. The Balaban J connectivity index is 1.51. The zero-order valence-corrected chi connectivity index (χ0v) is 14.9. The highest BCUT2D eigenvalue weighted by molar-refractivity contribution is 7.99. The van der Waals surface area contributed by atoms with Gasteiger partial charge in [0.05, 0.1) is 11.4 Å². The van der Waals surface area contributed by atoms with Crippen LogP contribution < -0.4 is 4.90 Å². The molecule has 4 rings (SSSR count). The standard InChI is InChI=1S/C18H16FN5OS/c1-12-9-13-5-2-3-8-16(13)23(12)17(25)11-26-18-20-21-22-24(18)15-7-4-6-14(19)10-15/h2-8,10,12H,9,11H2,1H3. The predicted molar refractivity (Wildman–Crippen MR) is 96.9 cm³/mol. The number of tetrazole rings is 1. The van der Waals surface area contributed by atoms with Crippen LogP contribution in [0.5, 0.6) is 0 Å². The second-order valence-electron chi connectivity index (χ2n) is 6.09. The van der Waals surface area contributed by atoms with E-state index in [1.165, 1.54) is 34.1 Å². The van der Waals surface area contributed by atoms with Gasteiger partial charge in [-0.05, 0) is 53.6 Å². The van der Waals surface area contributed by atoms with Crippen LogP contribution in [0.2, 0.25) is 0 Å². The summed E-state index contributed by atoms with van der Waals surface area (Å²) in [7, 11) is 0. The topological polar surface area (TPSA) is 63.9 Å². The molecule has 132 valence electrons. The molecule has 2 aromatic carbocycles. The number of carbonyl (C=O) groups is 1. The number of rotatable bonds is 4. The number of carbonyl (C=O) groups excluding carboxylic acids is 1. The van der Waals surface area contributed by atoms with Gasteiger partial charge in [0, 0.05) is 11.7 Å². The van der Waals surface area contributed by atoms with Gasteiger partial charge in [-0.3, -0.25) is 4.79 Å². The molecule has 6 nitrogen and oxygen atoms in total. The van der Waals surface area contributed by atoms with Gasteiger partial charge in [-0.25, -0.2) is 4.39 Å². The van der Waals surface area contributed by atoms with E-state index < -0.39 is 0 Å². The minimum absolute atomic E-state index is 0.00115. The van der Waals surface area contributed by atoms with Gasteiger partial charge >= 0.3 is 0 Å². The van der Waals surface area contributed by atoms with Crippen molar-refractivity contribution in [3.05, 3.63) is 59.9 Å². The van der Waals surface area contributed by atoms with Crippen molar-refractivity contribution in [3.63, 3.8) is 0 Å². The maximum absolute atomic E-state index is 13.4. The Morgan fingerprint density at radius 1 is 1.27 bits per heavy atom. The van der Waals surface area contributed by atoms with Gasteiger partial charge in [-0.15, -0.1) is 5.10 Å². The van der Waals surface area contributed by atoms with Crippen molar-refractivity contribution >= 4 is 23.4 Å². The molecule has 1 aliphatic heterocycles. The largest absolute Gasteiger partial charge is 0.308 e. The van der Waals surface area contributed by atoms with Gasteiger partial charge in [-0.2, -0.15) is 4.68 Å². The second kappa shape index (κ2) is 6.87. The molecular weight excluding hydrogens is 353 g/mol. The fraction of sp³-hybridized carbons (Fsp3) is 0.222. The smallest absolute Gasteiger partial charge is 0.237 e. The Labute approximate surface area is 154 Å². The number of hydrogen-bond donors (Lipinski definition) is 0. The lowest BCUT2D eigenvalue weighted by atomic mass is 10.1. The van der Waals surface area contributed by atoms with Crippen molar-refractivity contribution < 1.29 is 9.18 Å². The van der Waals surface area contributed by atoms with Crippen LogP contribution in [-0.2, 0) is 11.2 Å². The monoisotopic (exact) mass is 369 g/mol. The van der Waals surface area contributed by atoms with Crippen LogP contribution in [0.1, 0.15) is 12.5 Å². The predicted octanol–water partition coefficient (Wildman–Crippen LogP) is 2.87. The molecule has 0 N–H and O–H groups in total. The van der Waals surface area contributed by atoms with Crippen molar-refractivity contribution in [1.29, 1.82) is 0 Å². The average Bonchev–Trinajstić information content (AvgIpc) is 3.23. The molecule has 8 heteroatoms. The fourth-order valence-electron chi connectivity index (χ4n) is 3.18. The molecule has 1 atom stereocenters. The van der Waals surface area contributed by atoms with E-state index in [9.17, 15) is 9.18 Å². The maximum Gasteiger partial charge on any atom is 0.237 e. The molecule has 1 aromatic heterocycles. The highest BCUT2D eigenvalue weighted by Gasteiger charge is 2.30. The summed E-state index contributed by atoms with van der Waals surface area (Å²) >= 11 is 1.24. The van der Waals surface area contributed by atoms with Crippen LogP contribution in [0.4, 0.5) is 10.1 Å². The SMILES string of the molecule is CC1Cc2ccccc2N1C(=O)CSc1nnnn1-c1cccc(F)c1. The maximum atomic E-state index is 13.4. The minimum Gasteiger partial charge on any atom is -0.308 e. The van der Waals surface area contributed by atoms with E-state index in [0.717, 1.165) is 12.1 Å². The number of nitrogens with zero attached hydrogens (tertiary/aromatic N) is 5. The summed E-state index contributed by atoms with van der Waals surface area (Å²) in [5.74, 6) is -0.164. The highest BCUT2D eigenvalue weighted by atomic mass is 32.2. The van der Waals surface area contributed by atoms with Crippen LogP contribution in [0.3, 0.4) is 0 Å². The molecule has 2 heterocycles. The van der Waals surface area contributed by atoms with Gasteiger partial charge in [0.2, 0.25) is 11.1 Å². The van der Waals surface area contributed by atoms with Crippen LogP contribution in [0.25, 0.3) is 5.69 Å². The Morgan fingerprint density at radius 2 is 2.12 bits per heavy atom. The van der Waals surface area contributed by atoms with Crippen molar-refractivity contribution in [2.75, 3.05) is 10.7 Å².